The number of hydrogen-bond acceptors (Lipinski definition) is 2. The normalized spacial score (nSPS) is 13.2. The number of carbonyl (C=O) groups excluding carboxylic acids is 1. The molecule has 1 aromatic carbocycles. The highest BCUT2D eigenvalue weighted by Crippen LogP contribution is 2.36. The molecular formula is C12H12ClF3O2. The van der Waals surface area contributed by atoms with Gasteiger partial charge in [0.1, 0.15) is 0 Å². The third-order valence-electron chi connectivity index (χ3n) is 2.57. The molecule has 1 rings (SSSR count). The van der Waals surface area contributed by atoms with Crippen molar-refractivity contribution < 1.29 is 22.7 Å². The molecule has 0 radical (unpaired) electrons. The van der Waals surface area contributed by atoms with Gasteiger partial charge in [0.05, 0.1) is 24.1 Å². The standard InChI is InChI=1S/C12H12ClF3O2/c1-7(5-11(17)18-2)8-3-4-10(13)9(6-8)12(14,15)16/h3-4,6-7H,5H2,1-2H3. The molecule has 0 heterocycles. The van der Waals surface area contributed by atoms with Crippen LogP contribution in [-0.2, 0) is 15.7 Å². The highest BCUT2D eigenvalue weighted by atomic mass is 35.5. The van der Waals surface area contributed by atoms with Gasteiger partial charge in [0, 0.05) is 0 Å². The van der Waals surface area contributed by atoms with Crippen LogP contribution in [0.25, 0.3) is 0 Å². The van der Waals surface area contributed by atoms with Crippen molar-refractivity contribution in [2.75, 3.05) is 7.11 Å². The molecule has 0 amide bonds. The summed E-state index contributed by atoms with van der Waals surface area (Å²) >= 11 is 5.51. The summed E-state index contributed by atoms with van der Waals surface area (Å²) in [6.45, 7) is 1.65. The number of hydrogen-bond donors (Lipinski definition) is 0. The van der Waals surface area contributed by atoms with Crippen LogP contribution in [-0.4, -0.2) is 13.1 Å². The van der Waals surface area contributed by atoms with E-state index in [9.17, 15) is 18.0 Å². The van der Waals surface area contributed by atoms with E-state index in [0.29, 0.717) is 5.56 Å². The van der Waals surface area contributed by atoms with Crippen LogP contribution in [0.1, 0.15) is 30.4 Å². The first kappa shape index (κ1) is 14.8. The second kappa shape index (κ2) is 5.61. The number of esters is 1. The molecule has 6 heteroatoms. The van der Waals surface area contributed by atoms with Gasteiger partial charge in [0.25, 0.3) is 0 Å². The van der Waals surface area contributed by atoms with E-state index in [1.807, 2.05) is 0 Å². The van der Waals surface area contributed by atoms with Crippen LogP contribution in [0.5, 0.6) is 0 Å². The molecule has 0 aliphatic carbocycles. The van der Waals surface area contributed by atoms with Crippen molar-refractivity contribution in [2.45, 2.75) is 25.4 Å². The van der Waals surface area contributed by atoms with Crippen molar-refractivity contribution >= 4 is 17.6 Å². The van der Waals surface area contributed by atoms with Crippen molar-refractivity contribution in [3.05, 3.63) is 34.3 Å². The van der Waals surface area contributed by atoms with Crippen molar-refractivity contribution in [3.8, 4) is 0 Å². The lowest BCUT2D eigenvalue weighted by atomic mass is 9.96. The maximum atomic E-state index is 12.6. The smallest absolute Gasteiger partial charge is 0.417 e. The van der Waals surface area contributed by atoms with Crippen molar-refractivity contribution in [3.63, 3.8) is 0 Å². The largest absolute Gasteiger partial charge is 0.469 e. The Balaban J connectivity index is 3.01. The van der Waals surface area contributed by atoms with Gasteiger partial charge in [-0.05, 0) is 23.6 Å². The molecule has 0 N–H and O–H groups in total. The van der Waals surface area contributed by atoms with E-state index in [1.54, 1.807) is 6.92 Å². The number of benzene rings is 1. The number of ether oxygens (including phenoxy) is 1. The minimum atomic E-state index is -4.50. The number of carbonyl (C=O) groups is 1. The molecule has 0 aliphatic rings. The van der Waals surface area contributed by atoms with E-state index in [2.05, 4.69) is 4.74 Å². The van der Waals surface area contributed by atoms with Gasteiger partial charge in [0.15, 0.2) is 0 Å². The lowest BCUT2D eigenvalue weighted by molar-refractivity contribution is -0.141. The summed E-state index contributed by atoms with van der Waals surface area (Å²) in [6, 6.07) is 3.63. The first-order chi connectivity index (χ1) is 8.25. The summed E-state index contributed by atoms with van der Waals surface area (Å²) < 4.78 is 42.4. The van der Waals surface area contributed by atoms with E-state index in [-0.39, 0.29) is 17.4 Å². The Morgan fingerprint density at radius 3 is 2.56 bits per heavy atom. The average molecular weight is 281 g/mol. The summed E-state index contributed by atoms with van der Waals surface area (Å²) in [5.41, 5.74) is -0.490. The SMILES string of the molecule is COC(=O)CC(C)c1ccc(Cl)c(C(F)(F)F)c1. The van der Waals surface area contributed by atoms with Crippen LogP contribution < -0.4 is 0 Å². The molecule has 100 valence electrons. The maximum absolute atomic E-state index is 12.6. The molecule has 1 atom stereocenters. The molecule has 0 bridgehead atoms. The van der Waals surface area contributed by atoms with Gasteiger partial charge in [-0.15, -0.1) is 0 Å². The van der Waals surface area contributed by atoms with Gasteiger partial charge >= 0.3 is 12.1 Å². The third kappa shape index (κ3) is 3.63. The zero-order valence-electron chi connectivity index (χ0n) is 9.84. The van der Waals surface area contributed by atoms with Gasteiger partial charge in [-0.1, -0.05) is 24.6 Å². The zero-order valence-corrected chi connectivity index (χ0v) is 10.6. The van der Waals surface area contributed by atoms with Crippen LogP contribution in [0.4, 0.5) is 13.2 Å². The molecule has 18 heavy (non-hydrogen) atoms. The van der Waals surface area contributed by atoms with Crippen molar-refractivity contribution in [1.82, 2.24) is 0 Å². The van der Waals surface area contributed by atoms with Gasteiger partial charge in [-0.2, -0.15) is 13.2 Å². The molecule has 0 aliphatic heterocycles. The highest BCUT2D eigenvalue weighted by molar-refractivity contribution is 6.31. The number of alkyl halides is 3. The van der Waals surface area contributed by atoms with Gasteiger partial charge in [-0.3, -0.25) is 4.79 Å². The summed E-state index contributed by atoms with van der Waals surface area (Å²) in [4.78, 5) is 11.1. The van der Waals surface area contributed by atoms with Gasteiger partial charge in [-0.25, -0.2) is 0 Å². The predicted molar refractivity (Wildman–Crippen MR) is 61.5 cm³/mol. The molecule has 1 aromatic rings. The Hall–Kier alpha value is -1.23. The van der Waals surface area contributed by atoms with Gasteiger partial charge in [0.2, 0.25) is 0 Å². The lowest BCUT2D eigenvalue weighted by Crippen LogP contribution is -2.09. The lowest BCUT2D eigenvalue weighted by Gasteiger charge is -2.14. The fourth-order valence-corrected chi connectivity index (χ4v) is 1.74. The minimum Gasteiger partial charge on any atom is -0.469 e. The van der Waals surface area contributed by atoms with E-state index in [4.69, 9.17) is 11.6 Å². The molecule has 0 spiro atoms. The Labute approximate surface area is 108 Å². The summed E-state index contributed by atoms with van der Waals surface area (Å²) in [6.07, 6.45) is -4.48. The molecule has 0 saturated heterocycles. The van der Waals surface area contributed by atoms with Crippen LogP contribution in [0.3, 0.4) is 0 Å². The van der Waals surface area contributed by atoms with Crippen LogP contribution in [0.2, 0.25) is 5.02 Å². The summed E-state index contributed by atoms with van der Waals surface area (Å²) in [5.74, 6) is -0.832. The Bertz CT molecular complexity index is 443. The minimum absolute atomic E-state index is 0.0232. The quantitative estimate of drug-likeness (QED) is 0.782. The number of methoxy groups -OCH3 is 1. The Morgan fingerprint density at radius 1 is 1.44 bits per heavy atom. The molecule has 0 aromatic heterocycles. The van der Waals surface area contributed by atoms with Gasteiger partial charge < -0.3 is 4.74 Å². The second-order valence-corrected chi connectivity index (χ2v) is 4.33. The first-order valence-corrected chi connectivity index (χ1v) is 5.57. The molecular weight excluding hydrogens is 269 g/mol. The molecule has 0 saturated carbocycles. The monoisotopic (exact) mass is 280 g/mol. The highest BCUT2D eigenvalue weighted by Gasteiger charge is 2.33. The maximum Gasteiger partial charge on any atom is 0.417 e. The zero-order chi connectivity index (χ0) is 13.9. The fourth-order valence-electron chi connectivity index (χ4n) is 1.52. The van der Waals surface area contributed by atoms with Crippen molar-refractivity contribution in [1.29, 1.82) is 0 Å². The van der Waals surface area contributed by atoms with Crippen LogP contribution >= 0.6 is 11.6 Å². The van der Waals surface area contributed by atoms with Crippen molar-refractivity contribution in [2.24, 2.45) is 0 Å². The van der Waals surface area contributed by atoms with E-state index >= 15 is 0 Å². The van der Waals surface area contributed by atoms with E-state index < -0.39 is 17.7 Å². The average Bonchev–Trinajstić information content (AvgIpc) is 2.27. The Morgan fingerprint density at radius 2 is 2.06 bits per heavy atom. The van der Waals surface area contributed by atoms with Crippen LogP contribution in [0, 0.1) is 0 Å². The first-order valence-electron chi connectivity index (χ1n) is 5.19. The van der Waals surface area contributed by atoms with Crippen LogP contribution in [0.15, 0.2) is 18.2 Å². The number of rotatable bonds is 3. The molecule has 0 fully saturated rings. The fraction of sp³-hybridized carbons (Fsp3) is 0.417. The predicted octanol–water partition coefficient (Wildman–Crippen LogP) is 4.03. The Kier molecular flexibility index (Phi) is 4.62. The second-order valence-electron chi connectivity index (χ2n) is 3.92. The molecule has 1 unspecified atom stereocenters. The summed E-state index contributed by atoms with van der Waals surface area (Å²) in [5, 5.41) is -0.350. The third-order valence-corrected chi connectivity index (χ3v) is 2.89. The summed E-state index contributed by atoms with van der Waals surface area (Å²) in [7, 11) is 1.23. The topological polar surface area (TPSA) is 26.3 Å². The van der Waals surface area contributed by atoms with E-state index in [0.717, 1.165) is 6.07 Å². The number of halogens is 4. The van der Waals surface area contributed by atoms with E-state index in [1.165, 1.54) is 19.2 Å². The molecule has 2 nitrogen and oxygen atoms in total.